The van der Waals surface area contributed by atoms with E-state index in [1.54, 1.807) is 0 Å². The Balaban J connectivity index is 1.18. The van der Waals surface area contributed by atoms with Crippen molar-refractivity contribution in [3.63, 3.8) is 0 Å². The Kier molecular flexibility index (Phi) is 7.63. The van der Waals surface area contributed by atoms with E-state index in [4.69, 9.17) is 9.47 Å². The topological polar surface area (TPSA) is 18.5 Å². The molecule has 0 aromatic heterocycles. The summed E-state index contributed by atoms with van der Waals surface area (Å²) < 4.78 is 13.2. The minimum atomic E-state index is -0.682. The predicted octanol–water partition coefficient (Wildman–Crippen LogP) is 11.0. The number of rotatable bonds is 8. The largest absolute Gasteiger partial charge is 0.474 e. The standard InChI is InChI=1S/C42H32O2/c1-5-14-32(15-6-1)36-24-25-41(40(31-36)34-16-7-2-8-17-34)43-39-23-13-18-35(30-39)33-26-28-42(29-27-33,37-19-9-3-10-20-37)44-38-21-11-4-12-22-38/h1-31,33H. The van der Waals surface area contributed by atoms with Gasteiger partial charge in [-0.2, -0.15) is 0 Å². The highest BCUT2D eigenvalue weighted by Gasteiger charge is 2.32. The second-order valence-corrected chi connectivity index (χ2v) is 10.9. The van der Waals surface area contributed by atoms with Crippen molar-refractivity contribution < 1.29 is 9.47 Å². The van der Waals surface area contributed by atoms with E-state index in [9.17, 15) is 0 Å². The number of hydrogen-bond donors (Lipinski definition) is 0. The lowest BCUT2D eigenvalue weighted by Crippen LogP contribution is -2.30. The van der Waals surface area contributed by atoms with E-state index in [2.05, 4.69) is 133 Å². The highest BCUT2D eigenvalue weighted by Crippen LogP contribution is 2.40. The van der Waals surface area contributed by atoms with Crippen LogP contribution < -0.4 is 9.47 Å². The van der Waals surface area contributed by atoms with Crippen LogP contribution in [0.25, 0.3) is 22.3 Å². The second kappa shape index (κ2) is 12.3. The molecule has 7 rings (SSSR count). The monoisotopic (exact) mass is 568 g/mol. The van der Waals surface area contributed by atoms with E-state index < -0.39 is 5.60 Å². The van der Waals surface area contributed by atoms with Gasteiger partial charge in [0, 0.05) is 17.0 Å². The van der Waals surface area contributed by atoms with Crippen molar-refractivity contribution in [3.05, 3.63) is 199 Å². The van der Waals surface area contributed by atoms with Crippen molar-refractivity contribution in [3.8, 4) is 39.5 Å². The van der Waals surface area contributed by atoms with Crippen LogP contribution in [0.1, 0.15) is 17.0 Å². The van der Waals surface area contributed by atoms with Crippen molar-refractivity contribution in [1.29, 1.82) is 0 Å². The maximum absolute atomic E-state index is 6.61. The normalized spacial score (nSPS) is 17.2. The van der Waals surface area contributed by atoms with E-state index in [1.165, 1.54) is 5.56 Å². The Morgan fingerprint density at radius 3 is 1.73 bits per heavy atom. The predicted molar refractivity (Wildman–Crippen MR) is 180 cm³/mol. The molecular formula is C42H32O2. The minimum absolute atomic E-state index is 0.0869. The van der Waals surface area contributed by atoms with E-state index >= 15 is 0 Å². The Morgan fingerprint density at radius 2 is 1.05 bits per heavy atom. The molecule has 0 radical (unpaired) electrons. The molecule has 0 fully saturated rings. The van der Waals surface area contributed by atoms with Gasteiger partial charge in [0.1, 0.15) is 17.2 Å². The molecule has 0 unspecified atom stereocenters. The van der Waals surface area contributed by atoms with Crippen LogP contribution in [-0.2, 0) is 5.60 Å². The molecule has 44 heavy (non-hydrogen) atoms. The molecule has 0 saturated carbocycles. The molecule has 2 nitrogen and oxygen atoms in total. The lowest BCUT2D eigenvalue weighted by Gasteiger charge is -2.32. The molecule has 0 heterocycles. The molecule has 0 spiro atoms. The van der Waals surface area contributed by atoms with Crippen LogP contribution in [0.3, 0.4) is 0 Å². The van der Waals surface area contributed by atoms with Gasteiger partial charge in [0.25, 0.3) is 0 Å². The van der Waals surface area contributed by atoms with Gasteiger partial charge in [-0.1, -0.05) is 140 Å². The van der Waals surface area contributed by atoms with Crippen molar-refractivity contribution in [2.24, 2.45) is 0 Å². The fraction of sp³-hybridized carbons (Fsp3) is 0.0476. The fourth-order valence-electron chi connectivity index (χ4n) is 5.72. The summed E-state index contributed by atoms with van der Waals surface area (Å²) in [6, 6.07) is 56.0. The molecule has 0 atom stereocenters. The number of ether oxygens (including phenoxy) is 2. The van der Waals surface area contributed by atoms with Crippen LogP contribution in [0.5, 0.6) is 17.2 Å². The number of benzene rings is 6. The Labute approximate surface area is 259 Å². The first-order valence-electron chi connectivity index (χ1n) is 15.0. The van der Waals surface area contributed by atoms with Gasteiger partial charge in [-0.15, -0.1) is 0 Å². The zero-order valence-electron chi connectivity index (χ0n) is 24.3. The third-order valence-electron chi connectivity index (χ3n) is 8.00. The molecule has 0 saturated heterocycles. The molecule has 0 N–H and O–H groups in total. The molecule has 0 aliphatic heterocycles. The zero-order chi connectivity index (χ0) is 29.6. The maximum atomic E-state index is 6.61. The van der Waals surface area contributed by atoms with Crippen LogP contribution >= 0.6 is 0 Å². The van der Waals surface area contributed by atoms with Gasteiger partial charge in [0.15, 0.2) is 5.60 Å². The van der Waals surface area contributed by atoms with Gasteiger partial charge in [-0.25, -0.2) is 0 Å². The highest BCUT2D eigenvalue weighted by atomic mass is 16.5. The average molecular weight is 569 g/mol. The molecule has 6 aromatic rings. The summed E-state index contributed by atoms with van der Waals surface area (Å²) in [6.45, 7) is 0. The van der Waals surface area contributed by atoms with Crippen LogP contribution in [0.15, 0.2) is 188 Å². The third-order valence-corrected chi connectivity index (χ3v) is 8.00. The van der Waals surface area contributed by atoms with Crippen LogP contribution in [0.2, 0.25) is 0 Å². The van der Waals surface area contributed by atoms with Crippen molar-refractivity contribution in [2.45, 2.75) is 11.5 Å². The first-order valence-corrected chi connectivity index (χ1v) is 15.0. The molecule has 1 aliphatic carbocycles. The maximum Gasteiger partial charge on any atom is 0.170 e. The van der Waals surface area contributed by atoms with E-state index in [0.717, 1.165) is 45.1 Å². The van der Waals surface area contributed by atoms with E-state index in [-0.39, 0.29) is 5.92 Å². The number of hydrogen-bond acceptors (Lipinski definition) is 2. The van der Waals surface area contributed by atoms with E-state index in [1.807, 2.05) is 54.6 Å². The third kappa shape index (κ3) is 5.84. The molecular weight excluding hydrogens is 536 g/mol. The van der Waals surface area contributed by atoms with Gasteiger partial charge in [-0.05, 0) is 70.8 Å². The van der Waals surface area contributed by atoms with Gasteiger partial charge in [0.2, 0.25) is 0 Å². The van der Waals surface area contributed by atoms with Gasteiger partial charge in [-0.3, -0.25) is 0 Å². The van der Waals surface area contributed by atoms with Gasteiger partial charge in [0.05, 0.1) is 0 Å². The quantitative estimate of drug-likeness (QED) is 0.170. The van der Waals surface area contributed by atoms with Crippen molar-refractivity contribution in [2.75, 3.05) is 0 Å². The van der Waals surface area contributed by atoms with Gasteiger partial charge < -0.3 is 9.47 Å². The second-order valence-electron chi connectivity index (χ2n) is 10.9. The summed E-state index contributed by atoms with van der Waals surface area (Å²) in [7, 11) is 0. The van der Waals surface area contributed by atoms with Crippen LogP contribution in [0, 0.1) is 0 Å². The van der Waals surface area contributed by atoms with Crippen molar-refractivity contribution in [1.82, 2.24) is 0 Å². The molecule has 1 aliphatic rings. The summed E-state index contributed by atoms with van der Waals surface area (Å²) in [5.41, 5.74) is 6.06. The minimum Gasteiger partial charge on any atom is -0.474 e. The average Bonchev–Trinajstić information content (AvgIpc) is 3.10. The van der Waals surface area contributed by atoms with Gasteiger partial charge >= 0.3 is 0 Å². The van der Waals surface area contributed by atoms with Crippen LogP contribution in [0.4, 0.5) is 0 Å². The molecule has 212 valence electrons. The number of allylic oxidation sites excluding steroid dienone is 2. The molecule has 0 amide bonds. The summed E-state index contributed by atoms with van der Waals surface area (Å²) >= 11 is 0. The molecule has 6 aromatic carbocycles. The first-order chi connectivity index (χ1) is 21.8. The van der Waals surface area contributed by atoms with Crippen molar-refractivity contribution >= 4 is 0 Å². The SMILES string of the molecule is C1=CC(Oc2ccccc2)(c2ccccc2)C=CC1c1cccc(Oc2ccc(-c3ccccc3)cc2-c2ccccc2)c1. The Morgan fingerprint density at radius 1 is 0.455 bits per heavy atom. The summed E-state index contributed by atoms with van der Waals surface area (Å²) in [6.07, 6.45) is 8.78. The smallest absolute Gasteiger partial charge is 0.170 e. The number of para-hydroxylation sites is 1. The van der Waals surface area contributed by atoms with Crippen LogP contribution in [-0.4, -0.2) is 0 Å². The summed E-state index contributed by atoms with van der Waals surface area (Å²) in [5, 5.41) is 0. The lowest BCUT2D eigenvalue weighted by molar-refractivity contribution is 0.170. The lowest BCUT2D eigenvalue weighted by atomic mass is 9.84. The fourth-order valence-corrected chi connectivity index (χ4v) is 5.72. The molecule has 0 bridgehead atoms. The summed E-state index contributed by atoms with van der Waals surface area (Å²) in [4.78, 5) is 0. The Hall–Kier alpha value is -5.60. The highest BCUT2D eigenvalue weighted by molar-refractivity contribution is 5.78. The molecule has 2 heteroatoms. The zero-order valence-corrected chi connectivity index (χ0v) is 24.3. The Bertz CT molecular complexity index is 1880. The first kappa shape index (κ1) is 27.2. The summed E-state index contributed by atoms with van der Waals surface area (Å²) in [5.74, 6) is 2.53. The van der Waals surface area contributed by atoms with E-state index in [0.29, 0.717) is 0 Å².